The Bertz CT molecular complexity index is 655. The topological polar surface area (TPSA) is 66.5 Å². The fourth-order valence-corrected chi connectivity index (χ4v) is 4.05. The third kappa shape index (κ3) is 3.11. The number of amides is 1. The molecule has 21 heavy (non-hydrogen) atoms. The van der Waals surface area contributed by atoms with Gasteiger partial charge in [-0.25, -0.2) is 13.1 Å². The van der Waals surface area contributed by atoms with Crippen molar-refractivity contribution < 1.29 is 13.2 Å². The summed E-state index contributed by atoms with van der Waals surface area (Å²) in [6.07, 6.45) is 1.42. The lowest BCUT2D eigenvalue weighted by molar-refractivity contribution is -0.116. The van der Waals surface area contributed by atoms with Crippen LogP contribution in [0.2, 0.25) is 0 Å². The fraction of sp³-hybridized carbons (Fsp3) is 0.533. The molecule has 1 aliphatic heterocycles. The quantitative estimate of drug-likeness (QED) is 0.925. The van der Waals surface area contributed by atoms with E-state index in [0.717, 1.165) is 17.7 Å². The van der Waals surface area contributed by atoms with Crippen molar-refractivity contribution in [3.05, 3.63) is 23.8 Å². The zero-order valence-corrected chi connectivity index (χ0v) is 13.7. The highest BCUT2D eigenvalue weighted by atomic mass is 32.2. The molecule has 1 aliphatic rings. The first-order chi connectivity index (χ1) is 9.76. The molecule has 116 valence electrons. The van der Waals surface area contributed by atoms with Crippen molar-refractivity contribution in [3.63, 3.8) is 0 Å². The van der Waals surface area contributed by atoms with Gasteiger partial charge in [-0.3, -0.25) is 4.79 Å². The Hall–Kier alpha value is -1.40. The van der Waals surface area contributed by atoms with Crippen LogP contribution >= 0.6 is 0 Å². The van der Waals surface area contributed by atoms with Crippen molar-refractivity contribution in [2.24, 2.45) is 0 Å². The molecule has 0 saturated carbocycles. The fourth-order valence-electron chi connectivity index (χ4n) is 2.67. The molecule has 2 rings (SSSR count). The smallest absolute Gasteiger partial charge is 0.240 e. The van der Waals surface area contributed by atoms with Crippen LogP contribution in [0.1, 0.15) is 39.7 Å². The average molecular weight is 310 g/mol. The molecule has 0 saturated heterocycles. The van der Waals surface area contributed by atoms with E-state index in [0.29, 0.717) is 6.42 Å². The van der Waals surface area contributed by atoms with E-state index < -0.39 is 10.0 Å². The molecule has 0 spiro atoms. The monoisotopic (exact) mass is 310 g/mol. The maximum atomic E-state index is 12.3. The predicted molar refractivity (Wildman–Crippen MR) is 82.8 cm³/mol. The SMILES string of the molecule is CCC(C)NS(=O)(=O)c1ccc2c(c1)CC(C)N2C(C)=O. The second kappa shape index (κ2) is 5.77. The predicted octanol–water partition coefficient (Wildman–Crippen LogP) is 2.06. The molecule has 0 bridgehead atoms. The van der Waals surface area contributed by atoms with Crippen molar-refractivity contribution in [1.82, 2.24) is 4.72 Å². The molecule has 0 radical (unpaired) electrons. The van der Waals surface area contributed by atoms with Crippen molar-refractivity contribution in [3.8, 4) is 0 Å². The summed E-state index contributed by atoms with van der Waals surface area (Å²) >= 11 is 0. The maximum Gasteiger partial charge on any atom is 0.240 e. The number of benzene rings is 1. The van der Waals surface area contributed by atoms with Crippen molar-refractivity contribution in [1.29, 1.82) is 0 Å². The lowest BCUT2D eigenvalue weighted by Crippen LogP contribution is -2.33. The van der Waals surface area contributed by atoms with Crippen molar-refractivity contribution in [2.45, 2.75) is 57.5 Å². The highest BCUT2D eigenvalue weighted by Crippen LogP contribution is 2.33. The van der Waals surface area contributed by atoms with E-state index in [1.54, 1.807) is 23.1 Å². The number of carbonyl (C=O) groups is 1. The average Bonchev–Trinajstić information content (AvgIpc) is 2.72. The zero-order chi connectivity index (χ0) is 15.8. The second-order valence-electron chi connectivity index (χ2n) is 5.66. The second-order valence-corrected chi connectivity index (χ2v) is 7.38. The number of sulfonamides is 1. The molecule has 2 atom stereocenters. The van der Waals surface area contributed by atoms with E-state index in [9.17, 15) is 13.2 Å². The Morgan fingerprint density at radius 1 is 1.48 bits per heavy atom. The molecule has 1 amide bonds. The number of nitrogens with one attached hydrogen (secondary N) is 1. The van der Waals surface area contributed by atoms with Gasteiger partial charge in [0.2, 0.25) is 15.9 Å². The molecule has 0 aromatic heterocycles. The number of anilines is 1. The number of nitrogens with zero attached hydrogens (tertiary/aromatic N) is 1. The lowest BCUT2D eigenvalue weighted by Gasteiger charge is -2.20. The highest BCUT2D eigenvalue weighted by Gasteiger charge is 2.30. The molecule has 1 aromatic carbocycles. The van der Waals surface area contributed by atoms with Crippen molar-refractivity contribution >= 4 is 21.6 Å². The van der Waals surface area contributed by atoms with Crippen LogP contribution in [-0.4, -0.2) is 26.4 Å². The minimum atomic E-state index is -3.50. The third-order valence-corrected chi connectivity index (χ3v) is 5.47. The summed E-state index contributed by atoms with van der Waals surface area (Å²) in [5.74, 6) is -0.0189. The van der Waals surface area contributed by atoms with E-state index >= 15 is 0 Å². The van der Waals surface area contributed by atoms with Gasteiger partial charge in [-0.15, -0.1) is 0 Å². The van der Waals surface area contributed by atoms with Crippen LogP contribution in [0.5, 0.6) is 0 Å². The van der Waals surface area contributed by atoms with Gasteiger partial charge in [0.1, 0.15) is 0 Å². The van der Waals surface area contributed by atoms with Crippen LogP contribution in [0.15, 0.2) is 23.1 Å². The maximum absolute atomic E-state index is 12.3. The molecule has 0 fully saturated rings. The minimum Gasteiger partial charge on any atom is -0.309 e. The van der Waals surface area contributed by atoms with Gasteiger partial charge in [0, 0.05) is 24.7 Å². The molecule has 1 N–H and O–H groups in total. The van der Waals surface area contributed by atoms with Gasteiger partial charge in [0.15, 0.2) is 0 Å². The Labute approximate surface area is 126 Å². The Morgan fingerprint density at radius 3 is 2.71 bits per heavy atom. The molecule has 1 heterocycles. The van der Waals surface area contributed by atoms with E-state index in [1.165, 1.54) is 6.92 Å². The standard InChI is InChI=1S/C15H22N2O3S/c1-5-10(2)16-21(19,20)14-6-7-15-13(9-14)8-11(3)17(15)12(4)18/h6-7,9-11,16H,5,8H2,1-4H3. The van der Waals surface area contributed by atoms with Gasteiger partial charge in [-0.05, 0) is 50.5 Å². The van der Waals surface area contributed by atoms with Gasteiger partial charge in [0.05, 0.1) is 4.90 Å². The first-order valence-corrected chi connectivity index (χ1v) is 8.69. The lowest BCUT2D eigenvalue weighted by atomic mass is 10.1. The normalized spacial score (nSPS) is 19.4. The third-order valence-electron chi connectivity index (χ3n) is 3.88. The van der Waals surface area contributed by atoms with Crippen LogP contribution in [0.3, 0.4) is 0 Å². The van der Waals surface area contributed by atoms with Crippen LogP contribution in [-0.2, 0) is 21.2 Å². The summed E-state index contributed by atoms with van der Waals surface area (Å²) < 4.78 is 27.3. The summed E-state index contributed by atoms with van der Waals surface area (Å²) in [4.78, 5) is 13.7. The highest BCUT2D eigenvalue weighted by molar-refractivity contribution is 7.89. The molecule has 5 nitrogen and oxygen atoms in total. The number of fused-ring (bicyclic) bond motifs is 1. The largest absolute Gasteiger partial charge is 0.309 e. The van der Waals surface area contributed by atoms with E-state index in [-0.39, 0.29) is 22.9 Å². The molecular weight excluding hydrogens is 288 g/mol. The Morgan fingerprint density at radius 2 is 2.14 bits per heavy atom. The molecule has 2 unspecified atom stereocenters. The number of hydrogen-bond donors (Lipinski definition) is 1. The minimum absolute atomic E-state index is 0.0189. The van der Waals surface area contributed by atoms with Crippen LogP contribution in [0.4, 0.5) is 5.69 Å². The summed E-state index contributed by atoms with van der Waals surface area (Å²) in [5.41, 5.74) is 1.72. The van der Waals surface area contributed by atoms with Crippen LogP contribution in [0, 0.1) is 0 Å². The van der Waals surface area contributed by atoms with Crippen molar-refractivity contribution in [2.75, 3.05) is 4.90 Å². The van der Waals surface area contributed by atoms with E-state index in [2.05, 4.69) is 4.72 Å². The number of carbonyl (C=O) groups excluding carboxylic acids is 1. The Balaban J connectivity index is 2.36. The van der Waals surface area contributed by atoms with Gasteiger partial charge < -0.3 is 4.90 Å². The molecular formula is C15H22N2O3S. The van der Waals surface area contributed by atoms with Gasteiger partial charge >= 0.3 is 0 Å². The Kier molecular flexibility index (Phi) is 4.39. The molecule has 1 aromatic rings. The van der Waals surface area contributed by atoms with E-state index in [1.807, 2.05) is 20.8 Å². The number of rotatable bonds is 4. The summed E-state index contributed by atoms with van der Waals surface area (Å²) in [5, 5.41) is 0. The first kappa shape index (κ1) is 16.0. The zero-order valence-electron chi connectivity index (χ0n) is 12.9. The molecule has 6 heteroatoms. The summed E-state index contributed by atoms with van der Waals surface area (Å²) in [6.45, 7) is 7.26. The van der Waals surface area contributed by atoms with E-state index in [4.69, 9.17) is 0 Å². The van der Waals surface area contributed by atoms with Gasteiger partial charge in [0.25, 0.3) is 0 Å². The summed E-state index contributed by atoms with van der Waals surface area (Å²) in [7, 11) is -3.50. The van der Waals surface area contributed by atoms with Gasteiger partial charge in [-0.2, -0.15) is 0 Å². The van der Waals surface area contributed by atoms with Crippen LogP contribution in [0.25, 0.3) is 0 Å². The number of hydrogen-bond acceptors (Lipinski definition) is 3. The molecule has 0 aliphatic carbocycles. The van der Waals surface area contributed by atoms with Crippen LogP contribution < -0.4 is 9.62 Å². The summed E-state index contributed by atoms with van der Waals surface area (Å²) in [6, 6.07) is 4.94. The van der Waals surface area contributed by atoms with Gasteiger partial charge in [-0.1, -0.05) is 6.92 Å². The first-order valence-electron chi connectivity index (χ1n) is 7.21.